The third kappa shape index (κ3) is 4.94. The summed E-state index contributed by atoms with van der Waals surface area (Å²) < 4.78 is 32.6. The molecule has 2 aromatic rings. The second-order valence-electron chi connectivity index (χ2n) is 7.43. The van der Waals surface area contributed by atoms with E-state index < -0.39 is 10.0 Å². The van der Waals surface area contributed by atoms with Crippen molar-refractivity contribution in [3.05, 3.63) is 59.2 Å². The Morgan fingerprint density at radius 2 is 1.73 bits per heavy atom. The van der Waals surface area contributed by atoms with Gasteiger partial charge in [0, 0.05) is 32.7 Å². The number of sulfonamides is 1. The normalized spacial score (nSPS) is 15.1. The van der Waals surface area contributed by atoms with E-state index in [0.717, 1.165) is 22.4 Å². The van der Waals surface area contributed by atoms with Crippen LogP contribution in [-0.4, -0.2) is 63.5 Å². The van der Waals surface area contributed by atoms with E-state index in [1.54, 1.807) is 24.1 Å². The number of hydrogen-bond donors (Lipinski definition) is 1. The van der Waals surface area contributed by atoms with Gasteiger partial charge in [0.05, 0.1) is 12.0 Å². The zero-order chi connectivity index (χ0) is 21.7. The van der Waals surface area contributed by atoms with Crippen molar-refractivity contribution in [1.29, 1.82) is 0 Å². The smallest absolute Gasteiger partial charge is 0.317 e. The summed E-state index contributed by atoms with van der Waals surface area (Å²) in [5.41, 5.74) is 3.04. The van der Waals surface area contributed by atoms with E-state index in [2.05, 4.69) is 5.32 Å². The third-order valence-corrected chi connectivity index (χ3v) is 7.40. The maximum atomic E-state index is 12.9. The molecule has 0 bridgehead atoms. The van der Waals surface area contributed by atoms with E-state index in [1.807, 2.05) is 44.2 Å². The number of para-hydroxylation sites is 1. The number of methoxy groups -OCH3 is 1. The number of ether oxygens (including phenoxy) is 1. The van der Waals surface area contributed by atoms with Crippen LogP contribution in [0.25, 0.3) is 0 Å². The van der Waals surface area contributed by atoms with Gasteiger partial charge >= 0.3 is 6.03 Å². The van der Waals surface area contributed by atoms with Crippen LogP contribution >= 0.6 is 0 Å². The summed E-state index contributed by atoms with van der Waals surface area (Å²) in [7, 11) is -1.92. The Kier molecular flexibility index (Phi) is 6.99. The third-order valence-electron chi connectivity index (χ3n) is 5.51. The van der Waals surface area contributed by atoms with Crippen LogP contribution in [0.1, 0.15) is 16.7 Å². The maximum absolute atomic E-state index is 12.9. The quantitative estimate of drug-likeness (QED) is 0.763. The topological polar surface area (TPSA) is 79.0 Å². The Morgan fingerprint density at radius 1 is 1.03 bits per heavy atom. The summed E-state index contributed by atoms with van der Waals surface area (Å²) >= 11 is 0. The number of urea groups is 1. The van der Waals surface area contributed by atoms with Gasteiger partial charge in [-0.1, -0.05) is 24.3 Å². The lowest BCUT2D eigenvalue weighted by atomic mass is 10.1. The van der Waals surface area contributed by atoms with E-state index in [0.29, 0.717) is 31.0 Å². The highest BCUT2D eigenvalue weighted by atomic mass is 32.2. The zero-order valence-electron chi connectivity index (χ0n) is 17.7. The molecule has 0 spiro atoms. The summed E-state index contributed by atoms with van der Waals surface area (Å²) in [5, 5.41) is 2.91. The molecule has 1 aliphatic rings. The number of amides is 2. The Balaban J connectivity index is 1.52. The molecule has 0 saturated carbocycles. The van der Waals surface area contributed by atoms with Gasteiger partial charge in [-0.15, -0.1) is 0 Å². The average molecular weight is 432 g/mol. The molecule has 1 saturated heterocycles. The van der Waals surface area contributed by atoms with Crippen LogP contribution in [0, 0.1) is 13.8 Å². The molecule has 2 amide bonds. The Morgan fingerprint density at radius 3 is 2.40 bits per heavy atom. The van der Waals surface area contributed by atoms with Crippen molar-refractivity contribution in [1.82, 2.24) is 14.5 Å². The number of benzene rings is 2. The molecule has 0 radical (unpaired) electrons. The molecule has 1 fully saturated rings. The number of carbonyl (C=O) groups is 1. The summed E-state index contributed by atoms with van der Waals surface area (Å²) in [5.74, 6) is 0.803. The van der Waals surface area contributed by atoms with Crippen molar-refractivity contribution < 1.29 is 17.9 Å². The number of aryl methyl sites for hydroxylation is 2. The fourth-order valence-electron chi connectivity index (χ4n) is 3.48. The standard InChI is InChI=1S/C22H29N3O4S/c1-17-8-9-20(16-18(17)2)30(27,28)25-14-12-24(13-15-25)22(26)23-11-10-19-6-4-5-7-21(19)29-3/h4-9,16H,10-15H2,1-3H3,(H,23,26). The van der Waals surface area contributed by atoms with Crippen LogP contribution < -0.4 is 10.1 Å². The number of rotatable bonds is 6. The first-order valence-corrected chi connectivity index (χ1v) is 11.5. The number of carbonyl (C=O) groups excluding carboxylic acids is 1. The SMILES string of the molecule is COc1ccccc1CCNC(=O)N1CCN(S(=O)(=O)c2ccc(C)c(C)c2)CC1. The number of piperazine rings is 1. The minimum Gasteiger partial charge on any atom is -0.496 e. The molecule has 7 nitrogen and oxygen atoms in total. The lowest BCUT2D eigenvalue weighted by Gasteiger charge is -2.34. The molecule has 3 rings (SSSR count). The van der Waals surface area contributed by atoms with Crippen LogP contribution in [0.3, 0.4) is 0 Å². The molecule has 1 heterocycles. The van der Waals surface area contributed by atoms with Gasteiger partial charge in [-0.25, -0.2) is 13.2 Å². The summed E-state index contributed by atoms with van der Waals surface area (Å²) in [4.78, 5) is 14.4. The summed E-state index contributed by atoms with van der Waals surface area (Å²) in [6, 6.07) is 12.7. The lowest BCUT2D eigenvalue weighted by Crippen LogP contribution is -2.53. The van der Waals surface area contributed by atoms with Gasteiger partial charge in [0.25, 0.3) is 0 Å². The largest absolute Gasteiger partial charge is 0.496 e. The minimum atomic E-state index is -3.55. The van der Waals surface area contributed by atoms with E-state index >= 15 is 0 Å². The Labute approximate surface area is 178 Å². The Bertz CT molecular complexity index is 999. The highest BCUT2D eigenvalue weighted by Crippen LogP contribution is 2.21. The van der Waals surface area contributed by atoms with E-state index in [1.165, 1.54) is 4.31 Å². The van der Waals surface area contributed by atoms with Crippen LogP contribution in [0.2, 0.25) is 0 Å². The highest BCUT2D eigenvalue weighted by Gasteiger charge is 2.30. The van der Waals surface area contributed by atoms with Crippen molar-refractivity contribution in [3.63, 3.8) is 0 Å². The molecule has 162 valence electrons. The van der Waals surface area contributed by atoms with Gasteiger partial charge in [-0.05, 0) is 55.2 Å². The maximum Gasteiger partial charge on any atom is 0.317 e. The van der Waals surface area contributed by atoms with Crippen molar-refractivity contribution in [2.24, 2.45) is 0 Å². The first-order valence-electron chi connectivity index (χ1n) is 10.0. The van der Waals surface area contributed by atoms with Gasteiger partial charge in [-0.3, -0.25) is 0 Å². The first kappa shape index (κ1) is 22.1. The predicted molar refractivity (Wildman–Crippen MR) is 116 cm³/mol. The molecule has 0 aromatic heterocycles. The molecule has 0 atom stereocenters. The summed E-state index contributed by atoms with van der Waals surface area (Å²) in [6.07, 6.45) is 0.664. The predicted octanol–water partition coefficient (Wildman–Crippen LogP) is 2.57. The fraction of sp³-hybridized carbons (Fsp3) is 0.409. The van der Waals surface area contributed by atoms with Crippen molar-refractivity contribution >= 4 is 16.1 Å². The number of nitrogens with one attached hydrogen (secondary N) is 1. The average Bonchev–Trinajstić information content (AvgIpc) is 2.76. The van der Waals surface area contributed by atoms with Gasteiger partial charge < -0.3 is 15.0 Å². The molecule has 1 aliphatic heterocycles. The number of nitrogens with zero attached hydrogens (tertiary/aromatic N) is 2. The van der Waals surface area contributed by atoms with E-state index in [4.69, 9.17) is 4.74 Å². The lowest BCUT2D eigenvalue weighted by molar-refractivity contribution is 0.172. The van der Waals surface area contributed by atoms with Crippen LogP contribution in [-0.2, 0) is 16.4 Å². The molecule has 2 aromatic carbocycles. The minimum absolute atomic E-state index is 0.173. The van der Waals surface area contributed by atoms with Gasteiger partial charge in [-0.2, -0.15) is 4.31 Å². The summed E-state index contributed by atoms with van der Waals surface area (Å²) in [6.45, 7) is 5.65. The molecule has 1 N–H and O–H groups in total. The van der Waals surface area contributed by atoms with Gasteiger partial charge in [0.15, 0.2) is 0 Å². The van der Waals surface area contributed by atoms with E-state index in [-0.39, 0.29) is 19.1 Å². The van der Waals surface area contributed by atoms with Gasteiger partial charge in [0.1, 0.15) is 5.75 Å². The molecular formula is C22H29N3O4S. The molecule has 0 unspecified atom stereocenters. The van der Waals surface area contributed by atoms with Gasteiger partial charge in [0.2, 0.25) is 10.0 Å². The van der Waals surface area contributed by atoms with Crippen molar-refractivity contribution in [2.45, 2.75) is 25.2 Å². The zero-order valence-corrected chi connectivity index (χ0v) is 18.5. The molecular weight excluding hydrogens is 402 g/mol. The molecule has 30 heavy (non-hydrogen) atoms. The fourth-order valence-corrected chi connectivity index (χ4v) is 4.99. The van der Waals surface area contributed by atoms with Crippen LogP contribution in [0.15, 0.2) is 47.4 Å². The second kappa shape index (κ2) is 9.49. The van der Waals surface area contributed by atoms with E-state index in [9.17, 15) is 13.2 Å². The molecule has 8 heteroatoms. The highest BCUT2D eigenvalue weighted by molar-refractivity contribution is 7.89. The monoisotopic (exact) mass is 431 g/mol. The van der Waals surface area contributed by atoms with Crippen LogP contribution in [0.5, 0.6) is 5.75 Å². The second-order valence-corrected chi connectivity index (χ2v) is 9.37. The van der Waals surface area contributed by atoms with Crippen molar-refractivity contribution in [3.8, 4) is 5.75 Å². The van der Waals surface area contributed by atoms with Crippen molar-refractivity contribution in [2.75, 3.05) is 39.8 Å². The number of hydrogen-bond acceptors (Lipinski definition) is 4. The molecule has 0 aliphatic carbocycles. The Hall–Kier alpha value is -2.58. The van der Waals surface area contributed by atoms with Crippen LogP contribution in [0.4, 0.5) is 4.79 Å². The first-order chi connectivity index (χ1) is 14.3.